The summed E-state index contributed by atoms with van der Waals surface area (Å²) in [5.74, 6) is 10.5. The standard InChI is InChI=1S/C6H10BIP.3C4H6BIP.C3H6.C2H4/c1-3-5-9(7,8)6-4-2;3*1-3-7(5,6)4-2;1-3-2;1-2/h3-4H,1-2,5-6H2;3*3-4H,1-2H2;3H,1H2,2H3;1-2H2/q4*+1;;. The van der Waals surface area contributed by atoms with Gasteiger partial charge in [0.25, 0.3) is 0 Å². The second-order valence-corrected chi connectivity index (χ2v) is 35.6. The smallest absolute Gasteiger partial charge is 0.106 e. The topological polar surface area (TPSA) is 0 Å². The maximum Gasteiger partial charge on any atom is 0.386 e. The summed E-state index contributed by atoms with van der Waals surface area (Å²) >= 11 is 8.79. The summed E-state index contributed by atoms with van der Waals surface area (Å²) in [7, 11) is 22.6. The third-order valence-corrected chi connectivity index (χ3v) is 17.1. The van der Waals surface area contributed by atoms with Crippen molar-refractivity contribution in [2.75, 3.05) is 12.3 Å². The molecule has 0 aliphatic carbocycles. The summed E-state index contributed by atoms with van der Waals surface area (Å²) in [4.78, 5) is -5.43. The Kier molecular flexibility index (Phi) is 46.6. The fraction of sp³-hybridized carbons (Fsp3) is 0.130. The van der Waals surface area contributed by atoms with Crippen molar-refractivity contribution in [1.29, 1.82) is 0 Å². The van der Waals surface area contributed by atoms with Crippen molar-refractivity contribution < 1.29 is 0 Å². The van der Waals surface area contributed by atoms with E-state index in [9.17, 15) is 0 Å². The van der Waals surface area contributed by atoms with Crippen LogP contribution in [0.15, 0.2) is 125 Å². The molecule has 0 saturated heterocycles. The molecule has 0 bridgehead atoms. The lowest BCUT2D eigenvalue weighted by molar-refractivity contribution is 1.70. The van der Waals surface area contributed by atoms with Crippen LogP contribution >= 0.6 is 107 Å². The molecule has 0 aliphatic rings. The third kappa shape index (κ3) is 53.3. The largest absolute Gasteiger partial charge is 0.386 e. The molecule has 0 heterocycles. The van der Waals surface area contributed by atoms with E-state index < -0.39 is 19.1 Å². The monoisotopic (exact) mass is 990 g/mol. The van der Waals surface area contributed by atoms with Crippen LogP contribution in [0.2, 0.25) is 0 Å². The predicted octanol–water partition coefficient (Wildman–Crippen LogP) is 13.0. The second kappa shape index (κ2) is 32.5. The van der Waals surface area contributed by atoms with Crippen LogP contribution in [0.3, 0.4) is 0 Å². The van der Waals surface area contributed by atoms with Gasteiger partial charge >= 0.3 is 30.3 Å². The van der Waals surface area contributed by atoms with Crippen LogP contribution in [-0.4, -0.2) is 42.6 Å². The van der Waals surface area contributed by atoms with Gasteiger partial charge in [-0.05, 0) is 6.92 Å². The van der Waals surface area contributed by atoms with Gasteiger partial charge in [-0.15, -0.1) is 19.7 Å². The fourth-order valence-electron chi connectivity index (χ4n) is 0.727. The maximum atomic E-state index is 5.89. The van der Waals surface area contributed by atoms with Crippen molar-refractivity contribution in [2.45, 2.75) is 6.92 Å². The molecular formula is C23H38B4I4P4+4. The maximum absolute atomic E-state index is 5.89. The Morgan fingerprint density at radius 2 is 0.657 bits per heavy atom. The third-order valence-electron chi connectivity index (χ3n) is 2.54. The van der Waals surface area contributed by atoms with Crippen LogP contribution in [0.5, 0.6) is 0 Å². The van der Waals surface area contributed by atoms with E-state index in [4.69, 9.17) is 30.3 Å². The molecule has 0 saturated carbocycles. The predicted molar refractivity (Wildman–Crippen MR) is 225 cm³/mol. The first-order chi connectivity index (χ1) is 15.9. The quantitative estimate of drug-likeness (QED) is 0.0886. The van der Waals surface area contributed by atoms with E-state index >= 15 is 0 Å². The highest BCUT2D eigenvalue weighted by Gasteiger charge is 2.24. The lowest BCUT2D eigenvalue weighted by Gasteiger charge is -2.08. The van der Waals surface area contributed by atoms with Gasteiger partial charge in [0.2, 0.25) is 0 Å². The lowest BCUT2D eigenvalue weighted by atomic mass is 10.7. The van der Waals surface area contributed by atoms with Gasteiger partial charge in [0.15, 0.2) is 0 Å². The van der Waals surface area contributed by atoms with Crippen LogP contribution in [0.1, 0.15) is 6.92 Å². The summed E-state index contributed by atoms with van der Waals surface area (Å²) in [5, 5.41) is 0. The van der Waals surface area contributed by atoms with E-state index in [0.717, 1.165) is 12.3 Å². The van der Waals surface area contributed by atoms with Crippen molar-refractivity contribution >= 4 is 138 Å². The first kappa shape index (κ1) is 50.2. The average Bonchev–Trinajstić information content (AvgIpc) is 2.82. The zero-order chi connectivity index (χ0) is 29.8. The second-order valence-electron chi connectivity index (χ2n) is 5.59. The molecule has 0 atom stereocenters. The highest BCUT2D eigenvalue weighted by Crippen LogP contribution is 2.65. The van der Waals surface area contributed by atoms with Gasteiger partial charge in [0.1, 0.15) is 88.2 Å². The Morgan fingerprint density at radius 1 is 0.514 bits per heavy atom. The number of hydrogen-bond acceptors (Lipinski definition) is 0. The summed E-state index contributed by atoms with van der Waals surface area (Å²) < 4.78 is 0. The molecule has 8 radical (unpaired) electrons. The van der Waals surface area contributed by atoms with Crippen LogP contribution in [0.4, 0.5) is 0 Å². The van der Waals surface area contributed by atoms with Gasteiger partial charge in [-0.2, -0.15) is 0 Å². The number of rotatable bonds is 10. The normalized spacial score (nSPS) is 9.51. The van der Waals surface area contributed by atoms with Gasteiger partial charge in [-0.1, -0.05) is 70.9 Å². The molecule has 0 nitrogen and oxygen atoms in total. The Morgan fingerprint density at radius 3 is 0.714 bits per heavy atom. The van der Waals surface area contributed by atoms with Gasteiger partial charge in [-0.25, -0.2) is 0 Å². The van der Waals surface area contributed by atoms with Crippen molar-refractivity contribution in [2.24, 2.45) is 0 Å². The number of hydrogen-bond donors (Lipinski definition) is 0. The molecule has 0 aliphatic heterocycles. The average molecular weight is 989 g/mol. The molecule has 0 spiro atoms. The molecule has 0 unspecified atom stereocenters. The molecule has 0 N–H and O–H groups in total. The van der Waals surface area contributed by atoms with E-state index in [1.54, 1.807) is 41.0 Å². The van der Waals surface area contributed by atoms with Crippen LogP contribution in [0, 0.1) is 0 Å². The highest BCUT2D eigenvalue weighted by molar-refractivity contribution is 14.2. The van der Waals surface area contributed by atoms with Crippen molar-refractivity contribution in [3.05, 3.63) is 125 Å². The number of halogens is 4. The van der Waals surface area contributed by atoms with Crippen LogP contribution < -0.4 is 0 Å². The summed E-state index contributed by atoms with van der Waals surface area (Å²) in [6.07, 6.45) is 7.40. The molecule has 0 aromatic rings. The van der Waals surface area contributed by atoms with Gasteiger partial charge in [0, 0.05) is 39.7 Å². The zero-order valence-corrected chi connectivity index (χ0v) is 33.2. The Bertz CT molecular complexity index is 540. The molecule has 0 amide bonds. The van der Waals surface area contributed by atoms with E-state index in [2.05, 4.69) is 161 Å². The minimum absolute atomic E-state index is 0.944. The van der Waals surface area contributed by atoms with Crippen LogP contribution in [0.25, 0.3) is 0 Å². The molecule has 0 rings (SSSR count). The number of allylic oxidation sites excluding steroid dienone is 3. The van der Waals surface area contributed by atoms with E-state index in [-0.39, 0.29) is 0 Å². The van der Waals surface area contributed by atoms with Crippen molar-refractivity contribution in [3.63, 3.8) is 0 Å². The molecule has 0 aromatic carbocycles. The van der Waals surface area contributed by atoms with Gasteiger partial charge < -0.3 is 0 Å². The minimum atomic E-state index is -1.41. The van der Waals surface area contributed by atoms with Crippen molar-refractivity contribution in [1.82, 2.24) is 0 Å². The highest BCUT2D eigenvalue weighted by atomic mass is 127. The molecule has 0 aromatic heterocycles. The Balaban J connectivity index is -0.0000000756. The first-order valence-corrected chi connectivity index (χ1v) is 28.8. The fourth-order valence-corrected chi connectivity index (χ4v) is 3.85. The summed E-state index contributed by atoms with van der Waals surface area (Å²) in [6, 6.07) is 0. The minimum Gasteiger partial charge on any atom is -0.106 e. The molecule has 186 valence electrons. The lowest BCUT2D eigenvalue weighted by Crippen LogP contribution is -1.90. The van der Waals surface area contributed by atoms with E-state index in [0.29, 0.717) is 0 Å². The zero-order valence-electron chi connectivity index (χ0n) is 21.0. The van der Waals surface area contributed by atoms with Gasteiger partial charge in [-0.3, -0.25) is 0 Å². The molecular weight excluding hydrogens is 951 g/mol. The van der Waals surface area contributed by atoms with E-state index in [1.807, 2.05) is 19.1 Å². The summed E-state index contributed by atoms with van der Waals surface area (Å²) in [6.45, 7) is 39.8. The van der Waals surface area contributed by atoms with Crippen LogP contribution in [-0.2, 0) is 0 Å². The molecule has 35 heavy (non-hydrogen) atoms. The Labute approximate surface area is 278 Å². The SMILES string of the molecule is C=C.C=CC.[B][P+](I)(C=C)C=C.[B][P+](I)(C=C)C=C.[B][P+](I)(C=C)C=C.[B][P+](I)(CC=C)CC=C. The molecule has 0 fully saturated rings. The first-order valence-electron chi connectivity index (χ1n) is 9.46. The summed E-state index contributed by atoms with van der Waals surface area (Å²) in [5.41, 5.74) is 0. The Hall–Kier alpha value is 2.30. The molecule has 12 heteroatoms. The van der Waals surface area contributed by atoms with Crippen molar-refractivity contribution in [3.8, 4) is 0 Å². The van der Waals surface area contributed by atoms with E-state index in [1.165, 1.54) is 0 Å². The van der Waals surface area contributed by atoms with Gasteiger partial charge in [0.05, 0.1) is 26.7 Å².